The molecule has 0 aromatic rings. The molecule has 0 aromatic heterocycles. The number of amides is 1. The maximum absolute atomic E-state index is 12.1. The van der Waals surface area contributed by atoms with Crippen LogP contribution in [-0.2, 0) is 9.53 Å². The van der Waals surface area contributed by atoms with Gasteiger partial charge >= 0.3 is 0 Å². The molecule has 118 valence electrons. The SMILES string of the molecule is CC1(C(=O)NCCOC2CCCCC2)CCCCN1.Cl. The number of ether oxygens (including phenoxy) is 1. The van der Waals surface area contributed by atoms with Crippen molar-refractivity contribution in [2.75, 3.05) is 19.7 Å². The van der Waals surface area contributed by atoms with Crippen molar-refractivity contribution in [1.82, 2.24) is 10.6 Å². The van der Waals surface area contributed by atoms with E-state index < -0.39 is 0 Å². The average molecular weight is 305 g/mol. The van der Waals surface area contributed by atoms with Crippen molar-refractivity contribution in [3.63, 3.8) is 0 Å². The first-order chi connectivity index (χ1) is 9.21. The molecule has 0 spiro atoms. The number of carbonyl (C=O) groups is 1. The monoisotopic (exact) mass is 304 g/mol. The van der Waals surface area contributed by atoms with Crippen LogP contribution in [0.3, 0.4) is 0 Å². The smallest absolute Gasteiger partial charge is 0.240 e. The fourth-order valence-corrected chi connectivity index (χ4v) is 3.07. The van der Waals surface area contributed by atoms with Gasteiger partial charge in [0, 0.05) is 6.54 Å². The van der Waals surface area contributed by atoms with Crippen molar-refractivity contribution < 1.29 is 9.53 Å². The van der Waals surface area contributed by atoms with Gasteiger partial charge in [-0.2, -0.15) is 0 Å². The van der Waals surface area contributed by atoms with Crippen LogP contribution in [0.2, 0.25) is 0 Å². The maximum atomic E-state index is 12.1. The first-order valence-corrected chi connectivity index (χ1v) is 7.86. The largest absolute Gasteiger partial charge is 0.376 e. The van der Waals surface area contributed by atoms with E-state index in [2.05, 4.69) is 10.6 Å². The quantitative estimate of drug-likeness (QED) is 0.767. The lowest BCUT2D eigenvalue weighted by molar-refractivity contribution is -0.128. The number of rotatable bonds is 5. The Morgan fingerprint density at radius 2 is 2.00 bits per heavy atom. The molecule has 0 radical (unpaired) electrons. The van der Waals surface area contributed by atoms with Crippen molar-refractivity contribution in [3.05, 3.63) is 0 Å². The Kier molecular flexibility index (Phi) is 7.85. The van der Waals surface area contributed by atoms with E-state index in [1.54, 1.807) is 0 Å². The zero-order valence-electron chi connectivity index (χ0n) is 12.6. The molecule has 1 atom stereocenters. The summed E-state index contributed by atoms with van der Waals surface area (Å²) in [6, 6.07) is 0. The van der Waals surface area contributed by atoms with E-state index in [-0.39, 0.29) is 23.9 Å². The van der Waals surface area contributed by atoms with E-state index >= 15 is 0 Å². The zero-order valence-corrected chi connectivity index (χ0v) is 13.4. The number of hydrogen-bond donors (Lipinski definition) is 2. The molecule has 0 bridgehead atoms. The molecule has 5 heteroatoms. The minimum atomic E-state index is -0.372. The van der Waals surface area contributed by atoms with Crippen LogP contribution in [0.15, 0.2) is 0 Å². The minimum absolute atomic E-state index is 0. The molecule has 1 saturated carbocycles. The summed E-state index contributed by atoms with van der Waals surface area (Å²) in [6.07, 6.45) is 9.97. The molecule has 1 aliphatic carbocycles. The summed E-state index contributed by atoms with van der Waals surface area (Å²) in [5.41, 5.74) is -0.372. The Hall–Kier alpha value is -0.320. The highest BCUT2D eigenvalue weighted by atomic mass is 35.5. The van der Waals surface area contributed by atoms with Gasteiger partial charge in [-0.1, -0.05) is 19.3 Å². The Morgan fingerprint density at radius 3 is 2.65 bits per heavy atom. The lowest BCUT2D eigenvalue weighted by Crippen LogP contribution is -2.57. The summed E-state index contributed by atoms with van der Waals surface area (Å²) in [5.74, 6) is 0.124. The van der Waals surface area contributed by atoms with Gasteiger partial charge in [-0.25, -0.2) is 0 Å². The van der Waals surface area contributed by atoms with Gasteiger partial charge in [0.15, 0.2) is 0 Å². The van der Waals surface area contributed by atoms with E-state index in [9.17, 15) is 4.79 Å². The molecule has 2 rings (SSSR count). The summed E-state index contributed by atoms with van der Waals surface area (Å²) in [7, 11) is 0. The van der Waals surface area contributed by atoms with Gasteiger partial charge in [0.1, 0.15) is 0 Å². The highest BCUT2D eigenvalue weighted by Gasteiger charge is 2.33. The Bertz CT molecular complexity index is 288. The van der Waals surface area contributed by atoms with Crippen molar-refractivity contribution in [3.8, 4) is 0 Å². The average Bonchev–Trinajstić information content (AvgIpc) is 2.45. The normalized spacial score (nSPS) is 27.6. The number of halogens is 1. The van der Waals surface area contributed by atoms with Crippen LogP contribution in [0.5, 0.6) is 0 Å². The van der Waals surface area contributed by atoms with Gasteiger partial charge in [0.05, 0.1) is 18.2 Å². The summed E-state index contributed by atoms with van der Waals surface area (Å²) in [6.45, 7) is 4.23. The van der Waals surface area contributed by atoms with E-state index in [4.69, 9.17) is 4.74 Å². The summed E-state index contributed by atoms with van der Waals surface area (Å²) in [5, 5.41) is 6.34. The third-order valence-corrected chi connectivity index (χ3v) is 4.41. The fourth-order valence-electron chi connectivity index (χ4n) is 3.07. The Labute approximate surface area is 128 Å². The number of hydrogen-bond acceptors (Lipinski definition) is 3. The highest BCUT2D eigenvalue weighted by molar-refractivity contribution is 5.86. The van der Waals surface area contributed by atoms with Gasteiger partial charge in [0.2, 0.25) is 5.91 Å². The van der Waals surface area contributed by atoms with Crippen LogP contribution in [0.1, 0.15) is 58.3 Å². The number of piperidine rings is 1. The van der Waals surface area contributed by atoms with Crippen LogP contribution in [0.25, 0.3) is 0 Å². The van der Waals surface area contributed by atoms with Gasteiger partial charge in [-0.3, -0.25) is 4.79 Å². The molecular formula is C15H29ClN2O2. The van der Waals surface area contributed by atoms with Crippen LogP contribution in [-0.4, -0.2) is 37.2 Å². The zero-order chi connectivity index (χ0) is 13.6. The molecule has 20 heavy (non-hydrogen) atoms. The van der Waals surface area contributed by atoms with E-state index in [0.717, 1.165) is 19.4 Å². The molecule has 2 N–H and O–H groups in total. The summed E-state index contributed by atoms with van der Waals surface area (Å²) in [4.78, 5) is 12.1. The minimum Gasteiger partial charge on any atom is -0.376 e. The van der Waals surface area contributed by atoms with Crippen molar-refractivity contribution in [1.29, 1.82) is 0 Å². The van der Waals surface area contributed by atoms with Crippen molar-refractivity contribution in [2.45, 2.75) is 69.9 Å². The molecule has 1 unspecified atom stereocenters. The second kappa shape index (κ2) is 8.85. The van der Waals surface area contributed by atoms with Gasteiger partial charge in [-0.15, -0.1) is 12.4 Å². The lowest BCUT2D eigenvalue weighted by Gasteiger charge is -2.33. The third kappa shape index (κ3) is 5.23. The van der Waals surface area contributed by atoms with E-state index in [1.165, 1.54) is 38.5 Å². The van der Waals surface area contributed by atoms with Crippen molar-refractivity contribution >= 4 is 18.3 Å². The highest BCUT2D eigenvalue weighted by Crippen LogP contribution is 2.20. The molecule has 1 amide bonds. The van der Waals surface area contributed by atoms with Crippen molar-refractivity contribution in [2.24, 2.45) is 0 Å². The Balaban J connectivity index is 0.00000200. The van der Waals surface area contributed by atoms with E-state index in [1.807, 2.05) is 6.92 Å². The predicted octanol–water partition coefficient (Wildman–Crippen LogP) is 2.41. The fraction of sp³-hybridized carbons (Fsp3) is 0.933. The Morgan fingerprint density at radius 1 is 1.25 bits per heavy atom. The third-order valence-electron chi connectivity index (χ3n) is 4.41. The molecule has 2 aliphatic rings. The molecule has 1 aliphatic heterocycles. The molecule has 2 fully saturated rings. The topological polar surface area (TPSA) is 50.4 Å². The second-order valence-corrected chi connectivity index (χ2v) is 6.10. The van der Waals surface area contributed by atoms with E-state index in [0.29, 0.717) is 19.3 Å². The van der Waals surface area contributed by atoms with Crippen LogP contribution in [0.4, 0.5) is 0 Å². The van der Waals surface area contributed by atoms with Gasteiger partial charge in [0.25, 0.3) is 0 Å². The summed E-state index contributed by atoms with van der Waals surface area (Å²) >= 11 is 0. The first kappa shape index (κ1) is 17.7. The predicted molar refractivity (Wildman–Crippen MR) is 83.3 cm³/mol. The van der Waals surface area contributed by atoms with Crippen LogP contribution in [0, 0.1) is 0 Å². The second-order valence-electron chi connectivity index (χ2n) is 6.10. The molecule has 1 saturated heterocycles. The number of nitrogens with one attached hydrogen (secondary N) is 2. The molecule has 1 heterocycles. The molecule has 4 nitrogen and oxygen atoms in total. The molecule has 0 aromatic carbocycles. The first-order valence-electron chi connectivity index (χ1n) is 7.86. The lowest BCUT2D eigenvalue weighted by atomic mass is 9.90. The maximum Gasteiger partial charge on any atom is 0.240 e. The van der Waals surface area contributed by atoms with Crippen LogP contribution >= 0.6 is 12.4 Å². The summed E-state index contributed by atoms with van der Waals surface area (Å²) < 4.78 is 5.82. The van der Waals surface area contributed by atoms with Gasteiger partial charge < -0.3 is 15.4 Å². The van der Waals surface area contributed by atoms with Gasteiger partial charge in [-0.05, 0) is 45.6 Å². The van der Waals surface area contributed by atoms with Crippen LogP contribution < -0.4 is 10.6 Å². The standard InChI is InChI=1S/C15H28N2O2.ClH/c1-15(9-5-6-10-17-15)14(18)16-11-12-19-13-7-3-2-4-8-13;/h13,17H,2-12H2,1H3,(H,16,18);1H. The molecular weight excluding hydrogens is 276 g/mol. The number of carbonyl (C=O) groups excluding carboxylic acids is 1.